The number of aromatic nitrogens is 1. The number of para-hydroxylation sites is 1. The average molecular weight is 173 g/mol. The predicted molar refractivity (Wildman–Crippen MR) is 52.8 cm³/mol. The average Bonchev–Trinajstić information content (AvgIpc) is 2.62. The molecule has 2 aromatic heterocycles. The first-order valence-electron chi connectivity index (χ1n) is 3.88. The first-order chi connectivity index (χ1) is 5.95. The van der Waals surface area contributed by atoms with E-state index in [0.717, 1.165) is 0 Å². The highest BCUT2D eigenvalue weighted by Gasteiger charge is 2.00. The summed E-state index contributed by atoms with van der Waals surface area (Å²) < 4.78 is 2.22. The van der Waals surface area contributed by atoms with Crippen molar-refractivity contribution < 1.29 is 0 Å². The Morgan fingerprint density at radius 1 is 1.17 bits per heavy atom. The number of hydrogen-bond acceptors (Lipinski definition) is 1. The van der Waals surface area contributed by atoms with Crippen molar-refractivity contribution in [2.24, 2.45) is 0 Å². The molecule has 0 saturated carbocycles. The van der Waals surface area contributed by atoms with Crippen molar-refractivity contribution in [2.45, 2.75) is 0 Å². The van der Waals surface area contributed by atoms with Gasteiger partial charge in [0.2, 0.25) is 0 Å². The molecule has 0 spiro atoms. The van der Waals surface area contributed by atoms with Gasteiger partial charge < -0.3 is 4.40 Å². The zero-order chi connectivity index (χ0) is 7.97. The maximum Gasteiger partial charge on any atom is 0.100 e. The van der Waals surface area contributed by atoms with Gasteiger partial charge in [0.15, 0.2) is 0 Å². The monoisotopic (exact) mass is 173 g/mol. The second-order valence-electron chi connectivity index (χ2n) is 2.81. The minimum Gasteiger partial charge on any atom is -0.307 e. The molecule has 0 aliphatic carbocycles. The molecule has 3 aromatic rings. The summed E-state index contributed by atoms with van der Waals surface area (Å²) in [6, 6.07) is 10.7. The van der Waals surface area contributed by atoms with Gasteiger partial charge in [-0.15, -0.1) is 11.3 Å². The van der Waals surface area contributed by atoms with Crippen LogP contribution in [0.1, 0.15) is 0 Å². The Morgan fingerprint density at radius 3 is 3.08 bits per heavy atom. The first kappa shape index (κ1) is 6.26. The Kier molecular flexibility index (Phi) is 1.10. The lowest BCUT2D eigenvalue weighted by Gasteiger charge is -1.88. The summed E-state index contributed by atoms with van der Waals surface area (Å²) in [4.78, 5) is 1.32. The standard InChI is InChI=1S/C10H7NS/c1-2-4-9-8(3-1)7-10-11(9)5-6-12-10/h1-7H. The fraction of sp³-hybridized carbons (Fsp3) is 0. The van der Waals surface area contributed by atoms with E-state index in [1.54, 1.807) is 11.3 Å². The molecule has 0 aliphatic rings. The summed E-state index contributed by atoms with van der Waals surface area (Å²) in [6.07, 6.45) is 2.11. The number of fused-ring (bicyclic) bond motifs is 3. The molecule has 0 saturated heterocycles. The zero-order valence-electron chi connectivity index (χ0n) is 6.40. The summed E-state index contributed by atoms with van der Waals surface area (Å²) in [5.41, 5.74) is 1.30. The van der Waals surface area contributed by atoms with E-state index >= 15 is 0 Å². The van der Waals surface area contributed by atoms with Crippen LogP contribution < -0.4 is 0 Å². The number of rotatable bonds is 0. The summed E-state index contributed by atoms with van der Waals surface area (Å²) >= 11 is 1.78. The van der Waals surface area contributed by atoms with Gasteiger partial charge >= 0.3 is 0 Å². The van der Waals surface area contributed by atoms with Crippen molar-refractivity contribution >= 4 is 27.1 Å². The van der Waals surface area contributed by atoms with E-state index in [-0.39, 0.29) is 0 Å². The van der Waals surface area contributed by atoms with Crippen molar-refractivity contribution in [2.75, 3.05) is 0 Å². The van der Waals surface area contributed by atoms with E-state index in [1.807, 2.05) is 0 Å². The highest BCUT2D eigenvalue weighted by molar-refractivity contribution is 7.15. The third-order valence-corrected chi connectivity index (χ3v) is 2.93. The quantitative estimate of drug-likeness (QED) is 0.492. The SMILES string of the molecule is c1ccc2c(c1)cc1sccn12. The summed E-state index contributed by atoms with van der Waals surface area (Å²) in [5.74, 6) is 0. The molecule has 2 heteroatoms. The zero-order valence-corrected chi connectivity index (χ0v) is 7.21. The lowest BCUT2D eigenvalue weighted by molar-refractivity contribution is 1.30. The lowest BCUT2D eigenvalue weighted by atomic mass is 10.3. The molecule has 0 aliphatic heterocycles. The van der Waals surface area contributed by atoms with Crippen LogP contribution in [-0.4, -0.2) is 4.40 Å². The number of hydrogen-bond donors (Lipinski definition) is 0. The van der Waals surface area contributed by atoms with Crippen molar-refractivity contribution in [3.63, 3.8) is 0 Å². The lowest BCUT2D eigenvalue weighted by Crippen LogP contribution is -1.73. The van der Waals surface area contributed by atoms with Gasteiger partial charge in [0, 0.05) is 17.0 Å². The molecular formula is C10H7NS. The van der Waals surface area contributed by atoms with Crippen LogP contribution in [0, 0.1) is 0 Å². The van der Waals surface area contributed by atoms with Crippen molar-refractivity contribution in [1.29, 1.82) is 0 Å². The molecule has 0 atom stereocenters. The van der Waals surface area contributed by atoms with Crippen LogP contribution in [0.3, 0.4) is 0 Å². The van der Waals surface area contributed by atoms with Gasteiger partial charge in [0.05, 0.1) is 5.52 Å². The second-order valence-corrected chi connectivity index (χ2v) is 3.74. The van der Waals surface area contributed by atoms with Crippen molar-refractivity contribution in [3.05, 3.63) is 41.9 Å². The minimum atomic E-state index is 1.30. The molecule has 3 rings (SSSR count). The van der Waals surface area contributed by atoms with Gasteiger partial charge in [0.1, 0.15) is 4.83 Å². The summed E-state index contributed by atoms with van der Waals surface area (Å²) in [6.45, 7) is 0. The van der Waals surface area contributed by atoms with Crippen LogP contribution >= 0.6 is 11.3 Å². The van der Waals surface area contributed by atoms with E-state index < -0.39 is 0 Å². The van der Waals surface area contributed by atoms with Gasteiger partial charge in [-0.3, -0.25) is 0 Å². The van der Waals surface area contributed by atoms with Crippen molar-refractivity contribution in [1.82, 2.24) is 4.40 Å². The van der Waals surface area contributed by atoms with Gasteiger partial charge in [-0.2, -0.15) is 0 Å². The van der Waals surface area contributed by atoms with Gasteiger partial charge in [0.25, 0.3) is 0 Å². The molecule has 1 aromatic carbocycles. The van der Waals surface area contributed by atoms with Crippen LogP contribution in [0.15, 0.2) is 41.9 Å². The molecule has 0 bridgehead atoms. The second kappa shape index (κ2) is 2.11. The minimum absolute atomic E-state index is 1.30. The third kappa shape index (κ3) is 0.676. The van der Waals surface area contributed by atoms with E-state index in [1.165, 1.54) is 15.7 Å². The fourth-order valence-corrected chi connectivity index (χ4v) is 2.35. The Morgan fingerprint density at radius 2 is 2.08 bits per heavy atom. The summed E-state index contributed by atoms with van der Waals surface area (Å²) in [5, 5.41) is 3.44. The van der Waals surface area contributed by atoms with Gasteiger partial charge in [-0.25, -0.2) is 0 Å². The Balaban J connectivity index is 2.68. The molecule has 0 fully saturated rings. The van der Waals surface area contributed by atoms with Crippen LogP contribution in [-0.2, 0) is 0 Å². The van der Waals surface area contributed by atoms with Crippen LogP contribution in [0.25, 0.3) is 15.7 Å². The van der Waals surface area contributed by atoms with E-state index in [0.29, 0.717) is 0 Å². The number of nitrogens with zero attached hydrogens (tertiary/aromatic N) is 1. The third-order valence-electron chi connectivity index (χ3n) is 2.11. The van der Waals surface area contributed by atoms with Crippen molar-refractivity contribution in [3.8, 4) is 0 Å². The maximum absolute atomic E-state index is 2.22. The maximum atomic E-state index is 2.22. The van der Waals surface area contributed by atoms with Gasteiger partial charge in [-0.1, -0.05) is 18.2 Å². The molecule has 0 radical (unpaired) electrons. The number of thiazole rings is 1. The van der Waals surface area contributed by atoms with Crippen LogP contribution in [0.4, 0.5) is 0 Å². The smallest absolute Gasteiger partial charge is 0.100 e. The highest BCUT2D eigenvalue weighted by atomic mass is 32.1. The fourth-order valence-electron chi connectivity index (χ4n) is 1.56. The molecule has 0 amide bonds. The molecular weight excluding hydrogens is 166 g/mol. The molecule has 2 heterocycles. The van der Waals surface area contributed by atoms with E-state index in [2.05, 4.69) is 46.3 Å². The predicted octanol–water partition coefficient (Wildman–Crippen LogP) is 3.15. The Bertz CT molecular complexity index is 532. The molecule has 0 N–H and O–H groups in total. The van der Waals surface area contributed by atoms with E-state index in [9.17, 15) is 0 Å². The van der Waals surface area contributed by atoms with Crippen LogP contribution in [0.5, 0.6) is 0 Å². The largest absolute Gasteiger partial charge is 0.307 e. The Hall–Kier alpha value is -1.28. The molecule has 58 valence electrons. The molecule has 12 heavy (non-hydrogen) atoms. The van der Waals surface area contributed by atoms with Crippen LogP contribution in [0.2, 0.25) is 0 Å². The normalized spacial score (nSPS) is 11.3. The number of benzene rings is 1. The summed E-state index contributed by atoms with van der Waals surface area (Å²) in [7, 11) is 0. The topological polar surface area (TPSA) is 4.41 Å². The highest BCUT2D eigenvalue weighted by Crippen LogP contribution is 2.22. The molecule has 0 unspecified atom stereocenters. The van der Waals surface area contributed by atoms with Gasteiger partial charge in [-0.05, 0) is 12.1 Å². The van der Waals surface area contributed by atoms with E-state index in [4.69, 9.17) is 0 Å². The molecule has 1 nitrogen and oxygen atoms in total. The first-order valence-corrected chi connectivity index (χ1v) is 4.76. The Labute approximate surface area is 73.9 Å².